The van der Waals surface area contributed by atoms with Crippen molar-refractivity contribution in [2.24, 2.45) is 43.3 Å². The van der Waals surface area contributed by atoms with E-state index in [1.165, 1.54) is 0 Å². The third-order valence-corrected chi connectivity index (χ3v) is 4.12. The zero-order valence-electron chi connectivity index (χ0n) is 18.0. The number of carbonyl (C=O) groups is 1. The summed E-state index contributed by atoms with van der Waals surface area (Å²) in [5.41, 5.74) is 25.6. The fraction of sp³-hybridized carbons (Fsp3) is 0.190. The van der Waals surface area contributed by atoms with Gasteiger partial charge in [0, 0.05) is 11.4 Å². The molecule has 0 unspecified atom stereocenters. The molecular weight excluding hydrogens is 408 g/mol. The van der Waals surface area contributed by atoms with Crippen molar-refractivity contribution < 1.29 is 4.79 Å². The third-order valence-electron chi connectivity index (χ3n) is 4.12. The van der Waals surface area contributed by atoms with Crippen LogP contribution in [0.5, 0.6) is 0 Å². The second-order valence-corrected chi connectivity index (χ2v) is 6.77. The molecule has 0 bridgehead atoms. The molecule has 0 aliphatic heterocycles. The maximum absolute atomic E-state index is 12.3. The number of nitrogens with one attached hydrogen (secondary N) is 2. The average Bonchev–Trinajstić information content (AvgIpc) is 2.76. The summed E-state index contributed by atoms with van der Waals surface area (Å²) in [5.74, 6) is -0.215. The molecule has 0 spiro atoms. The summed E-state index contributed by atoms with van der Waals surface area (Å²) in [4.78, 5) is 12.3. The van der Waals surface area contributed by atoms with E-state index in [4.69, 9.17) is 22.9 Å². The number of guanidine groups is 2. The lowest BCUT2D eigenvalue weighted by Crippen LogP contribution is -2.22. The summed E-state index contributed by atoms with van der Waals surface area (Å²) < 4.78 is 0. The molecule has 11 heteroatoms. The number of nitrogens with zero attached hydrogens (tertiary/aromatic N) is 4. The Morgan fingerprint density at radius 2 is 1.22 bits per heavy atom. The van der Waals surface area contributed by atoms with Gasteiger partial charge in [-0.2, -0.15) is 10.2 Å². The van der Waals surface area contributed by atoms with E-state index in [0.717, 1.165) is 29.7 Å². The Labute approximate surface area is 186 Å². The Morgan fingerprint density at radius 3 is 1.69 bits per heavy atom. The van der Waals surface area contributed by atoms with Crippen molar-refractivity contribution in [3.05, 3.63) is 59.7 Å². The predicted octanol–water partition coefficient (Wildman–Crippen LogP) is 2.11. The van der Waals surface area contributed by atoms with Gasteiger partial charge in [-0.15, -0.1) is 10.2 Å². The number of benzene rings is 2. The van der Waals surface area contributed by atoms with Crippen molar-refractivity contribution in [3.63, 3.8) is 0 Å². The Morgan fingerprint density at radius 1 is 0.750 bits per heavy atom. The molecule has 168 valence electrons. The lowest BCUT2D eigenvalue weighted by Gasteiger charge is -2.10. The standard InChI is InChI=1S/C21H28N10O/c1-3-4-18(29-31-20(24)25)15-7-11-17(12-8-15)27-21(32)26-16-9-5-14(6-10-16)13(2)28-30-19(22)23/h5-12H,3-4H2,1-2H3,(H4,22,23,30)(H4,24,25,31)(H2,26,27,32). The first-order chi connectivity index (χ1) is 15.3. The normalized spacial score (nSPS) is 11.4. The molecule has 2 aromatic carbocycles. The number of amides is 2. The second-order valence-electron chi connectivity index (χ2n) is 6.77. The van der Waals surface area contributed by atoms with Crippen molar-refractivity contribution in [3.8, 4) is 0 Å². The summed E-state index contributed by atoms with van der Waals surface area (Å²) in [6.45, 7) is 3.81. The fourth-order valence-corrected chi connectivity index (χ4v) is 2.63. The van der Waals surface area contributed by atoms with Gasteiger partial charge in [-0.1, -0.05) is 37.6 Å². The first-order valence-electron chi connectivity index (χ1n) is 9.86. The highest BCUT2D eigenvalue weighted by Gasteiger charge is 2.06. The zero-order chi connectivity index (χ0) is 23.5. The molecule has 2 aromatic rings. The van der Waals surface area contributed by atoms with Crippen LogP contribution in [0.25, 0.3) is 0 Å². The number of nitrogens with two attached hydrogens (primary N) is 4. The van der Waals surface area contributed by atoms with Crippen LogP contribution in [0.1, 0.15) is 37.8 Å². The molecule has 0 aliphatic rings. The minimum absolute atomic E-state index is 0.0993. The van der Waals surface area contributed by atoms with Crippen molar-refractivity contribution >= 4 is 40.7 Å². The van der Waals surface area contributed by atoms with E-state index in [1.54, 1.807) is 43.3 Å². The van der Waals surface area contributed by atoms with Crippen LogP contribution in [0.15, 0.2) is 68.9 Å². The summed E-state index contributed by atoms with van der Waals surface area (Å²) in [7, 11) is 0. The lowest BCUT2D eigenvalue weighted by molar-refractivity contribution is 0.262. The molecule has 0 heterocycles. The number of urea groups is 1. The van der Waals surface area contributed by atoms with Gasteiger partial charge in [0.1, 0.15) is 0 Å². The number of carbonyl (C=O) groups excluding carboxylic acids is 1. The molecule has 2 amide bonds. The lowest BCUT2D eigenvalue weighted by atomic mass is 10.1. The van der Waals surface area contributed by atoms with Crippen LogP contribution in [0.2, 0.25) is 0 Å². The van der Waals surface area contributed by atoms with Crippen LogP contribution in [-0.4, -0.2) is 29.4 Å². The van der Waals surface area contributed by atoms with E-state index in [0.29, 0.717) is 17.1 Å². The van der Waals surface area contributed by atoms with Gasteiger partial charge in [0.05, 0.1) is 11.4 Å². The van der Waals surface area contributed by atoms with Gasteiger partial charge < -0.3 is 33.6 Å². The van der Waals surface area contributed by atoms with Crippen LogP contribution in [0.3, 0.4) is 0 Å². The molecular formula is C21H28N10O. The van der Waals surface area contributed by atoms with Crippen LogP contribution in [0.4, 0.5) is 16.2 Å². The molecule has 0 radical (unpaired) electrons. The van der Waals surface area contributed by atoms with Gasteiger partial charge in [-0.25, -0.2) is 4.79 Å². The number of rotatable bonds is 8. The topological polar surface area (TPSA) is 195 Å². The van der Waals surface area contributed by atoms with Gasteiger partial charge >= 0.3 is 6.03 Å². The van der Waals surface area contributed by atoms with E-state index < -0.39 is 0 Å². The Bertz CT molecular complexity index is 1030. The molecule has 0 aromatic heterocycles. The van der Waals surface area contributed by atoms with Crippen LogP contribution in [-0.2, 0) is 0 Å². The van der Waals surface area contributed by atoms with E-state index in [9.17, 15) is 4.79 Å². The first-order valence-corrected chi connectivity index (χ1v) is 9.86. The van der Waals surface area contributed by atoms with Crippen LogP contribution in [0, 0.1) is 0 Å². The van der Waals surface area contributed by atoms with Gasteiger partial charge in [-0.05, 0) is 48.7 Å². The quantitative estimate of drug-likeness (QED) is 0.209. The number of hydrogen-bond donors (Lipinski definition) is 6. The third kappa shape index (κ3) is 7.78. The molecule has 0 aliphatic carbocycles. The minimum Gasteiger partial charge on any atom is -0.369 e. The SMILES string of the molecule is CCCC(=NN=C(N)N)c1ccc(NC(=O)Nc2ccc(C(C)=NN=C(N)N)cc2)cc1. The van der Waals surface area contributed by atoms with E-state index in [1.807, 2.05) is 19.1 Å². The van der Waals surface area contributed by atoms with Gasteiger partial charge in [0.25, 0.3) is 0 Å². The molecule has 32 heavy (non-hydrogen) atoms. The monoisotopic (exact) mass is 436 g/mol. The summed E-state index contributed by atoms with van der Waals surface area (Å²) >= 11 is 0. The highest BCUT2D eigenvalue weighted by molar-refractivity contribution is 6.03. The molecule has 11 nitrogen and oxygen atoms in total. The predicted molar refractivity (Wildman–Crippen MR) is 131 cm³/mol. The average molecular weight is 437 g/mol. The zero-order valence-corrected chi connectivity index (χ0v) is 18.0. The smallest absolute Gasteiger partial charge is 0.323 e. The molecule has 2 rings (SSSR count). The van der Waals surface area contributed by atoms with Crippen molar-refractivity contribution in [1.29, 1.82) is 0 Å². The molecule has 0 atom stereocenters. The molecule has 0 saturated carbocycles. The maximum Gasteiger partial charge on any atom is 0.323 e. The summed E-state index contributed by atoms with van der Waals surface area (Å²) in [5, 5.41) is 20.9. The Balaban J connectivity index is 2.01. The van der Waals surface area contributed by atoms with Gasteiger partial charge in [0.15, 0.2) is 0 Å². The Kier molecular flexibility index (Phi) is 8.72. The summed E-state index contributed by atoms with van der Waals surface area (Å²) in [6.07, 6.45) is 1.61. The molecule has 0 fully saturated rings. The van der Waals surface area contributed by atoms with Crippen molar-refractivity contribution in [2.45, 2.75) is 26.7 Å². The second kappa shape index (κ2) is 11.7. The molecule has 10 N–H and O–H groups in total. The van der Waals surface area contributed by atoms with Crippen molar-refractivity contribution in [2.75, 3.05) is 10.6 Å². The summed E-state index contributed by atoms with van der Waals surface area (Å²) in [6, 6.07) is 14.0. The van der Waals surface area contributed by atoms with E-state index >= 15 is 0 Å². The van der Waals surface area contributed by atoms with E-state index in [2.05, 4.69) is 31.0 Å². The fourth-order valence-electron chi connectivity index (χ4n) is 2.63. The van der Waals surface area contributed by atoms with Gasteiger partial charge in [-0.3, -0.25) is 0 Å². The van der Waals surface area contributed by atoms with Crippen molar-refractivity contribution in [1.82, 2.24) is 0 Å². The number of anilines is 2. The molecule has 0 saturated heterocycles. The highest BCUT2D eigenvalue weighted by Crippen LogP contribution is 2.15. The largest absolute Gasteiger partial charge is 0.369 e. The highest BCUT2D eigenvalue weighted by atomic mass is 16.2. The Hall–Kier alpha value is -4.41. The van der Waals surface area contributed by atoms with Crippen LogP contribution >= 0.6 is 0 Å². The first kappa shape index (κ1) is 23.9. The maximum atomic E-state index is 12.3. The van der Waals surface area contributed by atoms with E-state index in [-0.39, 0.29) is 18.0 Å². The minimum atomic E-state index is -0.376. The number of hydrogen-bond acceptors (Lipinski definition) is 5. The van der Waals surface area contributed by atoms with Crippen LogP contribution < -0.4 is 33.6 Å². The van der Waals surface area contributed by atoms with Gasteiger partial charge in [0.2, 0.25) is 11.9 Å².